The minimum Gasteiger partial charge on any atom is -0.493 e. The summed E-state index contributed by atoms with van der Waals surface area (Å²) in [6.45, 7) is 14.1. The Morgan fingerprint density at radius 3 is 2.31 bits per heavy atom. The molecule has 2 aromatic rings. The highest BCUT2D eigenvalue weighted by Gasteiger charge is 2.34. The molecule has 0 aliphatic carbocycles. The van der Waals surface area contributed by atoms with E-state index in [1.165, 1.54) is 21.3 Å². The van der Waals surface area contributed by atoms with Gasteiger partial charge in [-0.1, -0.05) is 33.8 Å². The molecular weight excluding hydrogens is 521 g/mol. The normalized spacial score (nSPS) is 18.4. The van der Waals surface area contributed by atoms with Crippen LogP contribution in [-0.4, -0.2) is 62.4 Å². The third-order valence-electron chi connectivity index (χ3n) is 6.43. The molecule has 2 heterocycles. The molecule has 1 aromatic carbocycles. The standard InChI is InChI=1S/C29H42FN3O5S/c1-20(2)17-33(27-13-8-22(16-31-27)21(3)4)39(35,36)25-11-9-24(10-12-25)37-19-23-14-15-32(18-26(23)30)28(34)38-29(5,6)7/h8-13,16,20-21,23,26H,14-15,17-19H2,1-7H3/t23-,26-/m1/s1. The van der Waals surface area contributed by atoms with Crippen molar-refractivity contribution in [3.8, 4) is 5.75 Å². The predicted octanol–water partition coefficient (Wildman–Crippen LogP) is 6.03. The third-order valence-corrected chi connectivity index (χ3v) is 8.21. The summed E-state index contributed by atoms with van der Waals surface area (Å²) in [5, 5.41) is 0. The van der Waals surface area contributed by atoms with Gasteiger partial charge in [-0.05, 0) is 74.9 Å². The number of pyridine rings is 1. The molecular formula is C29H42FN3O5S. The average molecular weight is 564 g/mol. The molecule has 10 heteroatoms. The smallest absolute Gasteiger partial charge is 0.410 e. The van der Waals surface area contributed by atoms with Crippen molar-refractivity contribution >= 4 is 21.9 Å². The van der Waals surface area contributed by atoms with E-state index in [2.05, 4.69) is 18.8 Å². The first-order chi connectivity index (χ1) is 18.2. The number of hydrogen-bond donors (Lipinski definition) is 0. The van der Waals surface area contributed by atoms with Crippen LogP contribution in [0.4, 0.5) is 15.0 Å². The van der Waals surface area contributed by atoms with Crippen molar-refractivity contribution in [2.24, 2.45) is 11.8 Å². The van der Waals surface area contributed by atoms with E-state index in [4.69, 9.17) is 9.47 Å². The van der Waals surface area contributed by atoms with Crippen LogP contribution in [0.2, 0.25) is 0 Å². The number of ether oxygens (including phenoxy) is 2. The van der Waals surface area contributed by atoms with E-state index in [1.54, 1.807) is 45.2 Å². The molecule has 0 unspecified atom stereocenters. The van der Waals surface area contributed by atoms with E-state index in [0.717, 1.165) is 5.56 Å². The second kappa shape index (κ2) is 12.5. The van der Waals surface area contributed by atoms with E-state index >= 15 is 0 Å². The van der Waals surface area contributed by atoms with E-state index < -0.39 is 27.9 Å². The van der Waals surface area contributed by atoms with Gasteiger partial charge >= 0.3 is 6.09 Å². The molecule has 216 valence electrons. The molecule has 1 aromatic heterocycles. The molecule has 1 aliphatic rings. The Balaban J connectivity index is 1.65. The van der Waals surface area contributed by atoms with Crippen LogP contribution in [-0.2, 0) is 14.8 Å². The minimum atomic E-state index is -3.86. The first kappa shape index (κ1) is 30.7. The Bertz CT molecular complexity index is 1190. The fraction of sp³-hybridized carbons (Fsp3) is 0.586. The quantitative estimate of drug-likeness (QED) is 0.370. The lowest BCUT2D eigenvalue weighted by atomic mass is 9.96. The van der Waals surface area contributed by atoms with Crippen LogP contribution in [0.15, 0.2) is 47.5 Å². The first-order valence-corrected chi connectivity index (χ1v) is 14.9. The molecule has 0 saturated carbocycles. The second-order valence-corrected chi connectivity index (χ2v) is 13.7. The van der Waals surface area contributed by atoms with Gasteiger partial charge in [-0.2, -0.15) is 0 Å². The van der Waals surface area contributed by atoms with Gasteiger partial charge in [0, 0.05) is 25.2 Å². The van der Waals surface area contributed by atoms with Crippen molar-refractivity contribution in [2.45, 2.75) is 77.5 Å². The number of likely N-dealkylation sites (tertiary alicyclic amines) is 1. The Hall–Kier alpha value is -2.88. The second-order valence-electron chi connectivity index (χ2n) is 11.8. The lowest BCUT2D eigenvalue weighted by molar-refractivity contribution is 0.000402. The number of hydrogen-bond acceptors (Lipinski definition) is 6. The summed E-state index contributed by atoms with van der Waals surface area (Å²) in [7, 11) is -3.86. The van der Waals surface area contributed by atoms with Gasteiger partial charge in [-0.3, -0.25) is 0 Å². The number of halogens is 1. The number of carbonyl (C=O) groups excluding carboxylic acids is 1. The molecule has 2 atom stereocenters. The molecule has 1 amide bonds. The molecule has 0 N–H and O–H groups in total. The van der Waals surface area contributed by atoms with Crippen molar-refractivity contribution < 1.29 is 27.1 Å². The van der Waals surface area contributed by atoms with Gasteiger partial charge < -0.3 is 14.4 Å². The van der Waals surface area contributed by atoms with Crippen molar-refractivity contribution in [2.75, 3.05) is 30.5 Å². The lowest BCUT2D eigenvalue weighted by Gasteiger charge is -2.35. The number of sulfonamides is 1. The largest absolute Gasteiger partial charge is 0.493 e. The number of rotatable bonds is 9. The predicted molar refractivity (Wildman–Crippen MR) is 150 cm³/mol. The molecule has 1 fully saturated rings. The highest BCUT2D eigenvalue weighted by Crippen LogP contribution is 2.28. The van der Waals surface area contributed by atoms with Crippen molar-refractivity contribution in [3.63, 3.8) is 0 Å². The zero-order valence-electron chi connectivity index (χ0n) is 24.1. The van der Waals surface area contributed by atoms with E-state index in [1.807, 2.05) is 19.9 Å². The summed E-state index contributed by atoms with van der Waals surface area (Å²) in [6.07, 6.45) is 0.402. The number of aromatic nitrogens is 1. The molecule has 0 spiro atoms. The van der Waals surface area contributed by atoms with Crippen LogP contribution in [0.1, 0.15) is 66.4 Å². The van der Waals surface area contributed by atoms with Gasteiger partial charge in [0.05, 0.1) is 18.0 Å². The number of nitrogens with zero attached hydrogens (tertiary/aromatic N) is 3. The monoisotopic (exact) mass is 563 g/mol. The van der Waals surface area contributed by atoms with Crippen LogP contribution in [0.25, 0.3) is 0 Å². The fourth-order valence-corrected chi connectivity index (χ4v) is 5.79. The van der Waals surface area contributed by atoms with Crippen LogP contribution < -0.4 is 9.04 Å². The van der Waals surface area contributed by atoms with E-state index in [9.17, 15) is 17.6 Å². The topological polar surface area (TPSA) is 89.0 Å². The number of piperidine rings is 1. The average Bonchev–Trinajstić information content (AvgIpc) is 2.85. The maximum absolute atomic E-state index is 14.8. The van der Waals surface area contributed by atoms with E-state index in [0.29, 0.717) is 30.5 Å². The number of benzene rings is 1. The molecule has 0 bridgehead atoms. The number of alkyl halides is 1. The maximum Gasteiger partial charge on any atom is 0.410 e. The summed E-state index contributed by atoms with van der Waals surface area (Å²) >= 11 is 0. The van der Waals surface area contributed by atoms with Gasteiger partial charge in [0.25, 0.3) is 10.0 Å². The van der Waals surface area contributed by atoms with Gasteiger partial charge in [-0.25, -0.2) is 26.9 Å². The molecule has 1 aliphatic heterocycles. The maximum atomic E-state index is 14.8. The fourth-order valence-electron chi connectivity index (χ4n) is 4.20. The lowest BCUT2D eigenvalue weighted by Crippen LogP contribution is -2.48. The summed E-state index contributed by atoms with van der Waals surface area (Å²) in [4.78, 5) is 18.2. The van der Waals surface area contributed by atoms with Gasteiger partial charge in [0.1, 0.15) is 23.3 Å². The molecule has 3 rings (SSSR count). The van der Waals surface area contributed by atoms with E-state index in [-0.39, 0.29) is 36.4 Å². The zero-order valence-corrected chi connectivity index (χ0v) is 24.9. The highest BCUT2D eigenvalue weighted by atomic mass is 32.2. The Kier molecular flexibility index (Phi) is 9.85. The molecule has 1 saturated heterocycles. The number of anilines is 1. The van der Waals surface area contributed by atoms with Crippen molar-refractivity contribution in [1.29, 1.82) is 0 Å². The molecule has 0 radical (unpaired) electrons. The van der Waals surface area contributed by atoms with Crippen LogP contribution in [0, 0.1) is 11.8 Å². The summed E-state index contributed by atoms with van der Waals surface area (Å²) in [5.41, 5.74) is 0.400. The van der Waals surface area contributed by atoms with Crippen LogP contribution in [0.3, 0.4) is 0 Å². The Morgan fingerprint density at radius 2 is 1.79 bits per heavy atom. The van der Waals surface area contributed by atoms with Gasteiger partial charge in [0.2, 0.25) is 0 Å². The summed E-state index contributed by atoms with van der Waals surface area (Å²) < 4.78 is 54.5. The first-order valence-electron chi connectivity index (χ1n) is 13.5. The number of carbonyl (C=O) groups is 1. The SMILES string of the molecule is CC(C)CN(c1ccc(C(C)C)cn1)S(=O)(=O)c1ccc(OC[C@H]2CCN(C(=O)OC(C)(C)C)C[C@H]2F)cc1. The minimum absolute atomic E-state index is 0.0437. The Morgan fingerprint density at radius 1 is 1.13 bits per heavy atom. The highest BCUT2D eigenvalue weighted by molar-refractivity contribution is 7.92. The van der Waals surface area contributed by atoms with Gasteiger partial charge in [0.15, 0.2) is 0 Å². The Labute approximate surface area is 232 Å². The zero-order chi connectivity index (χ0) is 29.0. The summed E-state index contributed by atoms with van der Waals surface area (Å²) in [6, 6.07) is 9.81. The number of amides is 1. The van der Waals surface area contributed by atoms with Crippen LogP contribution >= 0.6 is 0 Å². The van der Waals surface area contributed by atoms with Crippen LogP contribution in [0.5, 0.6) is 5.75 Å². The van der Waals surface area contributed by atoms with Crippen molar-refractivity contribution in [1.82, 2.24) is 9.88 Å². The van der Waals surface area contributed by atoms with Gasteiger partial charge in [-0.15, -0.1) is 0 Å². The third kappa shape index (κ3) is 8.30. The molecule has 8 nitrogen and oxygen atoms in total. The van der Waals surface area contributed by atoms with Crippen molar-refractivity contribution in [3.05, 3.63) is 48.2 Å². The summed E-state index contributed by atoms with van der Waals surface area (Å²) in [5.74, 6) is 0.822. The molecule has 39 heavy (non-hydrogen) atoms.